The highest BCUT2D eigenvalue weighted by Crippen LogP contribution is 2.68. The van der Waals surface area contributed by atoms with E-state index in [9.17, 15) is 24.0 Å². The Morgan fingerprint density at radius 3 is 1.47 bits per heavy atom. The number of rotatable bonds is 6. The fraction of sp³-hybridized carbons (Fsp3) is 0.457. The van der Waals surface area contributed by atoms with E-state index in [1.165, 1.54) is 9.80 Å². The Labute approximate surface area is 252 Å². The number of ether oxygens (including phenoxy) is 1. The molecule has 0 spiro atoms. The fourth-order valence-electron chi connectivity index (χ4n) is 8.33. The molecular weight excluding hydrogens is 544 g/mol. The maximum absolute atomic E-state index is 14.3. The summed E-state index contributed by atoms with van der Waals surface area (Å²) in [5.41, 5.74) is 2.42. The summed E-state index contributed by atoms with van der Waals surface area (Å²) >= 11 is 0. The molecule has 2 saturated heterocycles. The monoisotopic (exact) mass is 582 g/mol. The topological polar surface area (TPSA) is 101 Å². The Bertz CT molecular complexity index is 1490. The number of hydrogen-bond acceptors (Lipinski definition) is 6. The average molecular weight is 583 g/mol. The van der Waals surface area contributed by atoms with Gasteiger partial charge in [-0.05, 0) is 61.1 Å². The minimum absolute atomic E-state index is 0.112. The van der Waals surface area contributed by atoms with Crippen LogP contribution in [0.5, 0.6) is 0 Å². The van der Waals surface area contributed by atoms with Crippen LogP contribution in [0.15, 0.2) is 59.7 Å². The minimum Gasteiger partial charge on any atom is -0.463 e. The third-order valence-corrected chi connectivity index (χ3v) is 10.3. The Kier molecular flexibility index (Phi) is 6.75. The van der Waals surface area contributed by atoms with Gasteiger partial charge in [0, 0.05) is 16.9 Å². The van der Waals surface area contributed by atoms with Crippen LogP contribution in [0.1, 0.15) is 71.4 Å². The summed E-state index contributed by atoms with van der Waals surface area (Å²) in [6.07, 6.45) is 0. The lowest BCUT2D eigenvalue weighted by molar-refractivity contribution is -0.155. The quantitative estimate of drug-likeness (QED) is 0.335. The molecule has 2 heterocycles. The third-order valence-electron chi connectivity index (χ3n) is 10.3. The van der Waals surface area contributed by atoms with Crippen LogP contribution in [-0.2, 0) is 28.7 Å². The van der Waals surface area contributed by atoms with E-state index in [4.69, 9.17) is 4.74 Å². The molecule has 1 saturated carbocycles. The van der Waals surface area contributed by atoms with Gasteiger partial charge in [0.1, 0.15) is 0 Å². The van der Waals surface area contributed by atoms with Gasteiger partial charge in [0.05, 0.1) is 41.7 Å². The third kappa shape index (κ3) is 3.84. The van der Waals surface area contributed by atoms with Crippen LogP contribution >= 0.6 is 0 Å². The van der Waals surface area contributed by atoms with Crippen LogP contribution < -0.4 is 9.80 Å². The van der Waals surface area contributed by atoms with E-state index in [-0.39, 0.29) is 24.0 Å². The maximum Gasteiger partial charge on any atom is 0.334 e. The molecule has 5 aliphatic rings. The van der Waals surface area contributed by atoms with Gasteiger partial charge in [-0.25, -0.2) is 4.79 Å². The molecule has 4 unspecified atom stereocenters. The Hall–Kier alpha value is -4.07. The summed E-state index contributed by atoms with van der Waals surface area (Å²) in [6, 6.07) is 14.6. The van der Waals surface area contributed by atoms with E-state index in [1.54, 1.807) is 45.0 Å². The van der Waals surface area contributed by atoms with Crippen LogP contribution in [-0.4, -0.2) is 36.2 Å². The Morgan fingerprint density at radius 2 is 1.12 bits per heavy atom. The first-order chi connectivity index (χ1) is 20.4. The molecule has 2 bridgehead atoms. The minimum atomic E-state index is -1.42. The van der Waals surface area contributed by atoms with Crippen molar-refractivity contribution in [2.45, 2.75) is 60.3 Å². The average Bonchev–Trinajstić information content (AvgIpc) is 3.39. The van der Waals surface area contributed by atoms with Crippen LogP contribution in [0.4, 0.5) is 11.4 Å². The van der Waals surface area contributed by atoms with E-state index in [2.05, 4.69) is 27.7 Å². The van der Waals surface area contributed by atoms with Gasteiger partial charge in [-0.2, -0.15) is 0 Å². The fourth-order valence-corrected chi connectivity index (χ4v) is 8.33. The molecule has 43 heavy (non-hydrogen) atoms. The summed E-state index contributed by atoms with van der Waals surface area (Å²) in [5.74, 6) is -6.27. The van der Waals surface area contributed by atoms with Crippen molar-refractivity contribution in [1.82, 2.24) is 0 Å². The highest BCUT2D eigenvalue weighted by atomic mass is 16.5. The number of nitrogens with zero attached hydrogens (tertiary/aromatic N) is 2. The summed E-state index contributed by atoms with van der Waals surface area (Å²) in [6.45, 7) is 13.5. The van der Waals surface area contributed by atoms with Crippen molar-refractivity contribution in [1.29, 1.82) is 0 Å². The van der Waals surface area contributed by atoms with E-state index in [0.717, 1.165) is 11.1 Å². The molecular formula is C35H38N2O6. The summed E-state index contributed by atoms with van der Waals surface area (Å²) < 4.78 is 5.47. The van der Waals surface area contributed by atoms with Crippen molar-refractivity contribution in [3.63, 3.8) is 0 Å². The molecule has 3 aliphatic carbocycles. The van der Waals surface area contributed by atoms with Gasteiger partial charge in [0.2, 0.25) is 23.6 Å². The molecule has 224 valence electrons. The van der Waals surface area contributed by atoms with Crippen molar-refractivity contribution in [3.8, 4) is 0 Å². The molecule has 2 aromatic rings. The molecule has 8 nitrogen and oxygen atoms in total. The molecule has 0 aromatic heterocycles. The largest absolute Gasteiger partial charge is 0.463 e. The molecule has 7 rings (SSSR count). The second kappa shape index (κ2) is 10.00. The predicted octanol–water partition coefficient (Wildman–Crippen LogP) is 5.37. The summed E-state index contributed by atoms with van der Waals surface area (Å²) in [7, 11) is 0. The number of anilines is 2. The lowest BCUT2D eigenvalue weighted by Gasteiger charge is -2.55. The van der Waals surface area contributed by atoms with Crippen LogP contribution in [0.2, 0.25) is 0 Å². The molecule has 4 atom stereocenters. The van der Waals surface area contributed by atoms with E-state index < -0.39 is 64.6 Å². The lowest BCUT2D eigenvalue weighted by atomic mass is 9.43. The summed E-state index contributed by atoms with van der Waals surface area (Å²) in [5, 5.41) is 0. The van der Waals surface area contributed by atoms with Gasteiger partial charge in [0.15, 0.2) is 0 Å². The SMILES string of the molecule is CCOC(=O)C1=C(C)C2C3C(=O)N(c4ccc(C(C)C)cc4)C(=O)C3C1(C)C1C(=O)N(c3ccc(C(C)C)cc3)C(=O)C21. The zero-order valence-corrected chi connectivity index (χ0v) is 25.7. The standard InChI is InChI=1S/C35H38N2O6/c1-8-43-34(42)27-19(6)24-25-28(32(40)36(30(25)38)22-13-9-20(10-14-22)17(2)3)35(27,7)29-26(24)31(39)37(33(29)41)23-15-11-21(12-16-23)18(4)5/h9-18,24-26,28-29H,8H2,1-7H3. The molecule has 2 aliphatic heterocycles. The summed E-state index contributed by atoms with van der Waals surface area (Å²) in [4.78, 5) is 73.1. The Morgan fingerprint density at radius 1 is 0.721 bits per heavy atom. The van der Waals surface area contributed by atoms with Gasteiger partial charge in [-0.3, -0.25) is 29.0 Å². The highest BCUT2D eigenvalue weighted by Gasteiger charge is 2.77. The molecule has 2 aromatic carbocycles. The molecule has 8 heteroatoms. The number of imide groups is 2. The van der Waals surface area contributed by atoms with Gasteiger partial charge < -0.3 is 4.74 Å². The second-order valence-electron chi connectivity index (χ2n) is 13.1. The van der Waals surface area contributed by atoms with Gasteiger partial charge >= 0.3 is 5.97 Å². The first-order valence-corrected chi connectivity index (χ1v) is 15.2. The van der Waals surface area contributed by atoms with Crippen LogP contribution in [0, 0.1) is 35.0 Å². The Balaban J connectivity index is 1.49. The van der Waals surface area contributed by atoms with Crippen molar-refractivity contribution in [2.24, 2.45) is 35.0 Å². The van der Waals surface area contributed by atoms with Crippen molar-refractivity contribution >= 4 is 41.0 Å². The first-order valence-electron chi connectivity index (χ1n) is 15.2. The number of amides is 4. The number of hydrogen-bond donors (Lipinski definition) is 0. The number of esters is 1. The normalized spacial score (nSPS) is 29.7. The predicted molar refractivity (Wildman–Crippen MR) is 161 cm³/mol. The second-order valence-corrected chi connectivity index (χ2v) is 13.1. The van der Waals surface area contributed by atoms with Crippen molar-refractivity contribution < 1.29 is 28.7 Å². The number of carbonyl (C=O) groups excluding carboxylic acids is 5. The maximum atomic E-state index is 14.3. The van der Waals surface area contributed by atoms with E-state index >= 15 is 0 Å². The highest BCUT2D eigenvalue weighted by molar-refractivity contribution is 6.27. The van der Waals surface area contributed by atoms with Gasteiger partial charge in [-0.1, -0.05) is 64.5 Å². The number of carbonyl (C=O) groups is 5. The number of benzene rings is 2. The van der Waals surface area contributed by atoms with Crippen LogP contribution in [0.25, 0.3) is 0 Å². The molecule has 0 radical (unpaired) electrons. The van der Waals surface area contributed by atoms with Gasteiger partial charge in [0.25, 0.3) is 0 Å². The van der Waals surface area contributed by atoms with E-state index in [1.807, 2.05) is 24.3 Å². The lowest BCUT2D eigenvalue weighted by Crippen LogP contribution is -2.61. The van der Waals surface area contributed by atoms with Crippen LogP contribution in [0.3, 0.4) is 0 Å². The zero-order chi connectivity index (χ0) is 31.1. The molecule has 3 fully saturated rings. The van der Waals surface area contributed by atoms with Crippen molar-refractivity contribution in [2.75, 3.05) is 16.4 Å². The smallest absolute Gasteiger partial charge is 0.334 e. The van der Waals surface area contributed by atoms with E-state index in [0.29, 0.717) is 16.9 Å². The number of allylic oxidation sites excluding steroid dienone is 1. The molecule has 4 amide bonds. The first kappa shape index (κ1) is 29.0. The van der Waals surface area contributed by atoms with Crippen molar-refractivity contribution in [3.05, 3.63) is 70.8 Å². The molecule has 0 N–H and O–H groups in total. The van der Waals surface area contributed by atoms with Gasteiger partial charge in [-0.15, -0.1) is 0 Å². The zero-order valence-electron chi connectivity index (χ0n) is 25.7.